The molecule has 0 saturated heterocycles. The van der Waals surface area contributed by atoms with Gasteiger partial charge in [-0.25, -0.2) is 4.68 Å². The maximum atomic E-state index is 5.94. The van der Waals surface area contributed by atoms with Crippen molar-refractivity contribution in [3.8, 4) is 22.8 Å². The van der Waals surface area contributed by atoms with Gasteiger partial charge in [-0.15, -0.1) is 0 Å². The molecule has 2 aromatic carbocycles. The summed E-state index contributed by atoms with van der Waals surface area (Å²) in [6, 6.07) is 19.5. The molecule has 0 atom stereocenters. The van der Waals surface area contributed by atoms with Gasteiger partial charge in [-0.05, 0) is 31.2 Å². The molecule has 3 rings (SSSR count). The molecular weight excluding hydrogens is 284 g/mol. The predicted molar refractivity (Wildman–Crippen MR) is 85.2 cm³/mol. The van der Waals surface area contributed by atoms with Crippen molar-refractivity contribution in [2.75, 3.05) is 6.61 Å². The molecule has 0 bridgehead atoms. The summed E-state index contributed by atoms with van der Waals surface area (Å²) in [5.41, 5.74) is 2.87. The molecule has 0 saturated carbocycles. The highest BCUT2D eigenvalue weighted by atomic mass is 35.5. The number of ether oxygens (including phenoxy) is 1. The normalized spacial score (nSPS) is 10.6. The number of hydrogen-bond acceptors (Lipinski definition) is 2. The van der Waals surface area contributed by atoms with Gasteiger partial charge in [0.05, 0.1) is 18.0 Å². The van der Waals surface area contributed by atoms with Gasteiger partial charge in [-0.3, -0.25) is 0 Å². The van der Waals surface area contributed by atoms with Gasteiger partial charge in [0.2, 0.25) is 5.88 Å². The SMILES string of the molecule is CCOc1cc(-c2ccccc2)nn1-c1ccc(Cl)cc1. The fourth-order valence-electron chi connectivity index (χ4n) is 2.13. The Morgan fingerprint density at radius 2 is 1.76 bits per heavy atom. The van der Waals surface area contributed by atoms with Crippen LogP contribution in [0.25, 0.3) is 16.9 Å². The van der Waals surface area contributed by atoms with E-state index in [-0.39, 0.29) is 0 Å². The number of aromatic nitrogens is 2. The summed E-state index contributed by atoms with van der Waals surface area (Å²) in [6.45, 7) is 2.55. The van der Waals surface area contributed by atoms with E-state index in [4.69, 9.17) is 16.3 Å². The summed E-state index contributed by atoms with van der Waals surface area (Å²) in [5.74, 6) is 0.721. The van der Waals surface area contributed by atoms with Crippen LogP contribution >= 0.6 is 11.6 Å². The molecule has 0 aliphatic rings. The summed E-state index contributed by atoms with van der Waals surface area (Å²) in [7, 11) is 0. The average molecular weight is 299 g/mol. The molecule has 0 aliphatic carbocycles. The van der Waals surface area contributed by atoms with E-state index in [0.717, 1.165) is 22.8 Å². The van der Waals surface area contributed by atoms with Gasteiger partial charge in [-0.1, -0.05) is 41.9 Å². The second kappa shape index (κ2) is 6.02. The third-order valence-corrected chi connectivity index (χ3v) is 3.36. The van der Waals surface area contributed by atoms with E-state index in [2.05, 4.69) is 5.10 Å². The van der Waals surface area contributed by atoms with Gasteiger partial charge in [0.15, 0.2) is 0 Å². The molecular formula is C17H15ClN2O. The Labute approximate surface area is 128 Å². The van der Waals surface area contributed by atoms with Crippen molar-refractivity contribution in [2.45, 2.75) is 6.92 Å². The molecule has 4 heteroatoms. The minimum Gasteiger partial charge on any atom is -0.478 e. The molecule has 1 aromatic heterocycles. The van der Waals surface area contributed by atoms with Crippen LogP contribution in [0.15, 0.2) is 60.7 Å². The number of halogens is 1. The van der Waals surface area contributed by atoms with Crippen LogP contribution in [0.2, 0.25) is 5.02 Å². The van der Waals surface area contributed by atoms with E-state index in [0.29, 0.717) is 11.6 Å². The number of benzene rings is 2. The maximum Gasteiger partial charge on any atom is 0.217 e. The van der Waals surface area contributed by atoms with Crippen molar-refractivity contribution in [3.63, 3.8) is 0 Å². The largest absolute Gasteiger partial charge is 0.478 e. The first-order valence-electron chi connectivity index (χ1n) is 6.82. The average Bonchev–Trinajstić information content (AvgIpc) is 2.93. The lowest BCUT2D eigenvalue weighted by Gasteiger charge is -2.07. The maximum absolute atomic E-state index is 5.94. The Kier molecular flexibility index (Phi) is 3.93. The highest BCUT2D eigenvalue weighted by Crippen LogP contribution is 2.26. The van der Waals surface area contributed by atoms with Crippen LogP contribution in [-0.4, -0.2) is 16.4 Å². The lowest BCUT2D eigenvalue weighted by Crippen LogP contribution is -2.02. The van der Waals surface area contributed by atoms with Crippen molar-refractivity contribution < 1.29 is 4.74 Å². The second-order valence-electron chi connectivity index (χ2n) is 4.56. The van der Waals surface area contributed by atoms with Crippen LogP contribution < -0.4 is 4.74 Å². The van der Waals surface area contributed by atoms with Gasteiger partial charge in [0.1, 0.15) is 0 Å². The zero-order valence-corrected chi connectivity index (χ0v) is 12.4. The fraction of sp³-hybridized carbons (Fsp3) is 0.118. The van der Waals surface area contributed by atoms with Gasteiger partial charge in [0, 0.05) is 16.7 Å². The standard InChI is InChI=1S/C17H15ClN2O/c1-2-21-17-12-16(13-6-4-3-5-7-13)19-20(17)15-10-8-14(18)9-11-15/h3-12H,2H2,1H3. The van der Waals surface area contributed by atoms with Crippen molar-refractivity contribution in [3.05, 3.63) is 65.7 Å². The lowest BCUT2D eigenvalue weighted by molar-refractivity contribution is 0.316. The molecule has 0 fully saturated rings. The Hall–Kier alpha value is -2.26. The first kappa shape index (κ1) is 13.7. The molecule has 0 radical (unpaired) electrons. The van der Waals surface area contributed by atoms with Crippen LogP contribution in [0.3, 0.4) is 0 Å². The summed E-state index contributed by atoms with van der Waals surface area (Å²) in [6.07, 6.45) is 0. The Morgan fingerprint density at radius 3 is 2.43 bits per heavy atom. The highest BCUT2D eigenvalue weighted by Gasteiger charge is 2.11. The van der Waals surface area contributed by atoms with E-state index in [9.17, 15) is 0 Å². The monoisotopic (exact) mass is 298 g/mol. The number of hydrogen-bond donors (Lipinski definition) is 0. The van der Waals surface area contributed by atoms with Gasteiger partial charge < -0.3 is 4.74 Å². The van der Waals surface area contributed by atoms with Crippen LogP contribution in [0.4, 0.5) is 0 Å². The fourth-order valence-corrected chi connectivity index (χ4v) is 2.26. The molecule has 21 heavy (non-hydrogen) atoms. The summed E-state index contributed by atoms with van der Waals surface area (Å²) < 4.78 is 7.49. The van der Waals surface area contributed by atoms with Crippen molar-refractivity contribution in [1.29, 1.82) is 0 Å². The van der Waals surface area contributed by atoms with E-state index in [1.165, 1.54) is 0 Å². The minimum absolute atomic E-state index is 0.591. The molecule has 0 N–H and O–H groups in total. The third-order valence-electron chi connectivity index (χ3n) is 3.11. The minimum atomic E-state index is 0.591. The van der Waals surface area contributed by atoms with E-state index < -0.39 is 0 Å². The van der Waals surface area contributed by atoms with E-state index in [1.807, 2.05) is 67.6 Å². The van der Waals surface area contributed by atoms with Crippen LogP contribution in [0.1, 0.15) is 6.92 Å². The molecule has 0 spiro atoms. The quantitative estimate of drug-likeness (QED) is 0.704. The number of rotatable bonds is 4. The Morgan fingerprint density at radius 1 is 1.05 bits per heavy atom. The van der Waals surface area contributed by atoms with Crippen LogP contribution in [0.5, 0.6) is 5.88 Å². The lowest BCUT2D eigenvalue weighted by atomic mass is 10.2. The zero-order valence-electron chi connectivity index (χ0n) is 11.7. The van der Waals surface area contributed by atoms with Crippen molar-refractivity contribution in [1.82, 2.24) is 9.78 Å². The summed E-state index contributed by atoms with van der Waals surface area (Å²) in [4.78, 5) is 0. The Balaban J connectivity index is 2.06. The van der Waals surface area contributed by atoms with Gasteiger partial charge >= 0.3 is 0 Å². The molecule has 106 valence electrons. The van der Waals surface area contributed by atoms with Gasteiger partial charge in [-0.2, -0.15) is 5.10 Å². The van der Waals surface area contributed by atoms with E-state index in [1.54, 1.807) is 4.68 Å². The summed E-state index contributed by atoms with van der Waals surface area (Å²) in [5, 5.41) is 5.35. The molecule has 3 nitrogen and oxygen atoms in total. The molecule has 3 aromatic rings. The highest BCUT2D eigenvalue weighted by molar-refractivity contribution is 6.30. The number of nitrogens with zero attached hydrogens (tertiary/aromatic N) is 2. The van der Waals surface area contributed by atoms with Crippen molar-refractivity contribution >= 4 is 11.6 Å². The van der Waals surface area contributed by atoms with Crippen molar-refractivity contribution in [2.24, 2.45) is 0 Å². The van der Waals surface area contributed by atoms with Crippen LogP contribution in [0, 0.1) is 0 Å². The molecule has 0 amide bonds. The molecule has 1 heterocycles. The molecule has 0 unspecified atom stereocenters. The first-order chi connectivity index (χ1) is 10.3. The predicted octanol–water partition coefficient (Wildman–Crippen LogP) is 4.59. The third kappa shape index (κ3) is 2.93. The smallest absolute Gasteiger partial charge is 0.217 e. The van der Waals surface area contributed by atoms with Gasteiger partial charge in [0.25, 0.3) is 0 Å². The Bertz CT molecular complexity index is 720. The first-order valence-corrected chi connectivity index (χ1v) is 7.20. The second-order valence-corrected chi connectivity index (χ2v) is 4.99. The van der Waals surface area contributed by atoms with Crippen LogP contribution in [-0.2, 0) is 0 Å². The topological polar surface area (TPSA) is 27.1 Å². The molecule has 0 aliphatic heterocycles. The zero-order chi connectivity index (χ0) is 14.7. The van der Waals surface area contributed by atoms with E-state index >= 15 is 0 Å². The summed E-state index contributed by atoms with van der Waals surface area (Å²) >= 11 is 5.94.